The van der Waals surface area contributed by atoms with E-state index in [0.29, 0.717) is 6.54 Å². The molecule has 0 atom stereocenters. The zero-order chi connectivity index (χ0) is 13.4. The summed E-state index contributed by atoms with van der Waals surface area (Å²) in [4.78, 5) is 3.91. The zero-order valence-electron chi connectivity index (χ0n) is 11.0. The molecule has 98 valence electrons. The molecule has 4 rings (SSSR count). The van der Waals surface area contributed by atoms with Crippen LogP contribution in [0.2, 0.25) is 0 Å². The molecule has 3 aromatic rings. The summed E-state index contributed by atoms with van der Waals surface area (Å²) in [6.07, 6.45) is 4.20. The summed E-state index contributed by atoms with van der Waals surface area (Å²) in [7, 11) is 0. The first-order chi connectivity index (χ1) is 9.90. The number of fused-ring (bicyclic) bond motifs is 3. The monoisotopic (exact) mass is 262 g/mol. The molecule has 1 N–H and O–H groups in total. The molecule has 3 nitrogen and oxygen atoms in total. The van der Waals surface area contributed by atoms with Crippen LogP contribution in [-0.4, -0.2) is 4.98 Å². The average molecular weight is 262 g/mol. The predicted octanol–water partition coefficient (Wildman–Crippen LogP) is 3.86. The molecule has 0 spiro atoms. The van der Waals surface area contributed by atoms with E-state index in [2.05, 4.69) is 52.8 Å². The Hall–Kier alpha value is -2.55. The number of hydrogen-bond acceptors (Lipinski definition) is 3. The highest BCUT2D eigenvalue weighted by Gasteiger charge is 2.17. The maximum atomic E-state index is 5.22. The van der Waals surface area contributed by atoms with Gasteiger partial charge in [-0.3, -0.25) is 0 Å². The predicted molar refractivity (Wildman–Crippen MR) is 78.5 cm³/mol. The summed E-state index contributed by atoms with van der Waals surface area (Å²) in [6.45, 7) is 0.658. The van der Waals surface area contributed by atoms with E-state index in [0.717, 1.165) is 17.9 Å². The normalized spacial score (nSPS) is 12.0. The number of aromatic nitrogens is 1. The van der Waals surface area contributed by atoms with E-state index in [1.54, 1.807) is 6.20 Å². The second kappa shape index (κ2) is 4.53. The minimum atomic E-state index is 0.658. The lowest BCUT2D eigenvalue weighted by Crippen LogP contribution is -1.98. The number of oxazole rings is 1. The third-order valence-electron chi connectivity index (χ3n) is 3.74. The standard InChI is InChI=1S/C17H14N2O/c1-2-4-16-12(3-1)7-13-8-14(5-6-17(13)16)19-10-15-9-18-11-20-15/h1-6,8-9,11,19H,7,10H2. The van der Waals surface area contributed by atoms with Crippen molar-refractivity contribution in [2.75, 3.05) is 5.32 Å². The Bertz CT molecular complexity index is 747. The van der Waals surface area contributed by atoms with Gasteiger partial charge in [0.2, 0.25) is 0 Å². The highest BCUT2D eigenvalue weighted by molar-refractivity contribution is 5.78. The van der Waals surface area contributed by atoms with Gasteiger partial charge < -0.3 is 9.73 Å². The first-order valence-electron chi connectivity index (χ1n) is 6.72. The Morgan fingerprint density at radius 2 is 1.95 bits per heavy atom. The maximum absolute atomic E-state index is 5.22. The van der Waals surface area contributed by atoms with Crippen LogP contribution in [-0.2, 0) is 13.0 Å². The van der Waals surface area contributed by atoms with Crippen molar-refractivity contribution in [3.05, 3.63) is 71.9 Å². The number of hydrogen-bond donors (Lipinski definition) is 1. The van der Waals surface area contributed by atoms with E-state index in [1.807, 2.05) is 0 Å². The smallest absolute Gasteiger partial charge is 0.180 e. The molecule has 3 heteroatoms. The van der Waals surface area contributed by atoms with Crippen LogP contribution in [0.4, 0.5) is 5.69 Å². The third kappa shape index (κ3) is 1.88. The molecule has 0 amide bonds. The SMILES string of the molecule is c1ccc2c(c1)Cc1cc(NCc3cnco3)ccc1-2. The fourth-order valence-corrected chi connectivity index (χ4v) is 2.77. The number of rotatable bonds is 3. The van der Waals surface area contributed by atoms with E-state index >= 15 is 0 Å². The van der Waals surface area contributed by atoms with E-state index in [1.165, 1.54) is 28.6 Å². The number of benzene rings is 2. The van der Waals surface area contributed by atoms with Crippen LogP contribution >= 0.6 is 0 Å². The van der Waals surface area contributed by atoms with Gasteiger partial charge >= 0.3 is 0 Å². The Balaban J connectivity index is 1.59. The van der Waals surface area contributed by atoms with Crippen molar-refractivity contribution in [1.29, 1.82) is 0 Å². The van der Waals surface area contributed by atoms with E-state index in [9.17, 15) is 0 Å². The Labute approximate surface area is 117 Å². The van der Waals surface area contributed by atoms with Gasteiger partial charge in [0, 0.05) is 5.69 Å². The highest BCUT2D eigenvalue weighted by atomic mass is 16.3. The Morgan fingerprint density at radius 1 is 1.05 bits per heavy atom. The fourth-order valence-electron chi connectivity index (χ4n) is 2.77. The van der Waals surface area contributed by atoms with Crippen molar-refractivity contribution < 1.29 is 4.42 Å². The maximum Gasteiger partial charge on any atom is 0.180 e. The molecule has 2 aromatic carbocycles. The molecule has 1 heterocycles. The second-order valence-electron chi connectivity index (χ2n) is 5.03. The number of nitrogens with one attached hydrogen (secondary N) is 1. The van der Waals surface area contributed by atoms with Crippen molar-refractivity contribution in [2.24, 2.45) is 0 Å². The Kier molecular flexibility index (Phi) is 2.56. The summed E-state index contributed by atoms with van der Waals surface area (Å²) >= 11 is 0. The molecule has 0 fully saturated rings. The van der Waals surface area contributed by atoms with Gasteiger partial charge in [-0.05, 0) is 40.8 Å². The molecule has 0 bridgehead atoms. The van der Waals surface area contributed by atoms with Gasteiger partial charge in [0.05, 0.1) is 12.7 Å². The topological polar surface area (TPSA) is 38.1 Å². The van der Waals surface area contributed by atoms with E-state index in [-0.39, 0.29) is 0 Å². The summed E-state index contributed by atoms with van der Waals surface area (Å²) in [5, 5.41) is 3.37. The molecular formula is C17H14N2O. The van der Waals surface area contributed by atoms with Crippen molar-refractivity contribution in [3.8, 4) is 11.1 Å². The summed E-state index contributed by atoms with van der Waals surface area (Å²) in [5.74, 6) is 0.841. The van der Waals surface area contributed by atoms with Crippen molar-refractivity contribution in [3.63, 3.8) is 0 Å². The second-order valence-corrected chi connectivity index (χ2v) is 5.03. The summed E-state index contributed by atoms with van der Waals surface area (Å²) in [5.41, 5.74) is 6.63. The fraction of sp³-hybridized carbons (Fsp3) is 0.118. The van der Waals surface area contributed by atoms with Gasteiger partial charge in [-0.15, -0.1) is 0 Å². The summed E-state index contributed by atoms with van der Waals surface area (Å²) in [6, 6.07) is 15.2. The van der Waals surface area contributed by atoms with Gasteiger partial charge in [0.15, 0.2) is 6.39 Å². The molecule has 0 unspecified atom stereocenters. The average Bonchev–Trinajstić information content (AvgIpc) is 3.12. The lowest BCUT2D eigenvalue weighted by Gasteiger charge is -2.07. The summed E-state index contributed by atoms with van der Waals surface area (Å²) < 4.78 is 5.22. The molecule has 0 saturated carbocycles. The molecule has 1 aliphatic carbocycles. The molecule has 0 saturated heterocycles. The van der Waals surface area contributed by atoms with E-state index < -0.39 is 0 Å². The quantitative estimate of drug-likeness (QED) is 0.609. The molecule has 0 aliphatic heterocycles. The molecule has 1 aliphatic rings. The third-order valence-corrected chi connectivity index (χ3v) is 3.74. The first-order valence-corrected chi connectivity index (χ1v) is 6.72. The highest BCUT2D eigenvalue weighted by Crippen LogP contribution is 2.37. The molecule has 20 heavy (non-hydrogen) atoms. The largest absolute Gasteiger partial charge is 0.447 e. The van der Waals surface area contributed by atoms with Gasteiger partial charge in [0.1, 0.15) is 5.76 Å². The van der Waals surface area contributed by atoms with Crippen LogP contribution < -0.4 is 5.32 Å². The van der Waals surface area contributed by atoms with Crippen LogP contribution in [0.1, 0.15) is 16.9 Å². The van der Waals surface area contributed by atoms with Crippen molar-refractivity contribution in [2.45, 2.75) is 13.0 Å². The zero-order valence-corrected chi connectivity index (χ0v) is 11.0. The first kappa shape index (κ1) is 11.3. The number of nitrogens with zero attached hydrogens (tertiary/aromatic N) is 1. The Morgan fingerprint density at radius 3 is 2.85 bits per heavy atom. The lowest BCUT2D eigenvalue weighted by atomic mass is 10.1. The molecular weight excluding hydrogens is 248 g/mol. The van der Waals surface area contributed by atoms with Gasteiger partial charge in [-0.1, -0.05) is 30.3 Å². The van der Waals surface area contributed by atoms with Crippen LogP contribution in [0.15, 0.2) is 59.5 Å². The van der Waals surface area contributed by atoms with Crippen LogP contribution in [0, 0.1) is 0 Å². The number of anilines is 1. The van der Waals surface area contributed by atoms with Crippen molar-refractivity contribution >= 4 is 5.69 Å². The van der Waals surface area contributed by atoms with Crippen molar-refractivity contribution in [1.82, 2.24) is 4.98 Å². The molecule has 0 radical (unpaired) electrons. The minimum Gasteiger partial charge on any atom is -0.447 e. The minimum absolute atomic E-state index is 0.658. The van der Waals surface area contributed by atoms with Crippen LogP contribution in [0.5, 0.6) is 0 Å². The van der Waals surface area contributed by atoms with E-state index in [4.69, 9.17) is 4.42 Å². The van der Waals surface area contributed by atoms with Crippen LogP contribution in [0.25, 0.3) is 11.1 Å². The van der Waals surface area contributed by atoms with Crippen LogP contribution in [0.3, 0.4) is 0 Å². The van der Waals surface area contributed by atoms with Gasteiger partial charge in [0.25, 0.3) is 0 Å². The lowest BCUT2D eigenvalue weighted by molar-refractivity contribution is 0.512. The van der Waals surface area contributed by atoms with Gasteiger partial charge in [-0.2, -0.15) is 0 Å². The molecule has 1 aromatic heterocycles. The van der Waals surface area contributed by atoms with Gasteiger partial charge in [-0.25, -0.2) is 4.98 Å².